The van der Waals surface area contributed by atoms with Gasteiger partial charge in [0.1, 0.15) is 0 Å². The number of hydrogen-bond acceptors (Lipinski definition) is 0. The average Bonchev–Trinajstić information content (AvgIpc) is 2.62. The van der Waals surface area contributed by atoms with Crippen molar-refractivity contribution in [1.82, 2.24) is 0 Å². The SMILES string of the molecule is CC/C=C/[CH-]CC.[C-]1=CC=CC1.[Ni+2]. The molecule has 0 radical (unpaired) electrons. The monoisotopic (exact) mass is 220 g/mol. The second-order valence-corrected chi connectivity index (χ2v) is 2.48. The quantitative estimate of drug-likeness (QED) is 0.501. The minimum Gasteiger partial charge on any atom is -0.273 e. The summed E-state index contributed by atoms with van der Waals surface area (Å²) in [5, 5.41) is 0. The predicted molar refractivity (Wildman–Crippen MR) is 55.6 cm³/mol. The molecule has 0 N–H and O–H groups in total. The molecule has 1 aliphatic rings. The number of rotatable bonds is 3. The first-order valence-electron chi connectivity index (χ1n) is 4.61. The van der Waals surface area contributed by atoms with Crippen molar-refractivity contribution in [3.05, 3.63) is 42.9 Å². The molecule has 1 heteroatoms. The van der Waals surface area contributed by atoms with E-state index < -0.39 is 0 Å². The van der Waals surface area contributed by atoms with Gasteiger partial charge in [0.05, 0.1) is 0 Å². The van der Waals surface area contributed by atoms with E-state index in [0.29, 0.717) is 0 Å². The van der Waals surface area contributed by atoms with Gasteiger partial charge in [0.2, 0.25) is 0 Å². The van der Waals surface area contributed by atoms with Gasteiger partial charge in [0.15, 0.2) is 0 Å². The standard InChI is InChI=1S/C7H13.C5H5.Ni/c1-3-5-7-6-4-2;1-2-4-5-3-1;/h5-7H,3-4H2,1-2H3;1-3H,4H2;/q2*-1;+2/b7-5+;;. The summed E-state index contributed by atoms with van der Waals surface area (Å²) < 4.78 is 0. The van der Waals surface area contributed by atoms with Crippen molar-refractivity contribution in [1.29, 1.82) is 0 Å². The van der Waals surface area contributed by atoms with Crippen molar-refractivity contribution in [2.24, 2.45) is 0 Å². The molecule has 0 aliphatic heterocycles. The Morgan fingerprint density at radius 1 is 1.46 bits per heavy atom. The fourth-order valence-corrected chi connectivity index (χ4v) is 0.709. The Kier molecular flexibility index (Phi) is 16.4. The third kappa shape index (κ3) is 14.4. The summed E-state index contributed by atoms with van der Waals surface area (Å²) in [6.07, 6.45) is 18.7. The molecule has 0 heterocycles. The molecular weight excluding hydrogens is 203 g/mol. The van der Waals surface area contributed by atoms with Crippen LogP contribution in [0.25, 0.3) is 0 Å². The third-order valence-electron chi connectivity index (χ3n) is 1.33. The molecule has 0 bridgehead atoms. The van der Waals surface area contributed by atoms with E-state index in [4.69, 9.17) is 0 Å². The molecule has 1 aliphatic carbocycles. The Morgan fingerprint density at radius 2 is 2.23 bits per heavy atom. The fraction of sp³-hybridized carbons (Fsp3) is 0.417. The molecule has 0 saturated carbocycles. The third-order valence-corrected chi connectivity index (χ3v) is 1.33. The van der Waals surface area contributed by atoms with Gasteiger partial charge < -0.3 is 0 Å². The number of allylic oxidation sites excluding steroid dienone is 6. The zero-order valence-electron chi connectivity index (χ0n) is 8.40. The largest absolute Gasteiger partial charge is 2.00 e. The molecule has 13 heavy (non-hydrogen) atoms. The van der Waals surface area contributed by atoms with E-state index in [0.717, 1.165) is 19.3 Å². The van der Waals surface area contributed by atoms with Gasteiger partial charge in [-0.1, -0.05) is 13.8 Å². The Balaban J connectivity index is 0. The van der Waals surface area contributed by atoms with Gasteiger partial charge in [-0.3, -0.25) is 6.08 Å². The molecule has 0 spiro atoms. The van der Waals surface area contributed by atoms with Gasteiger partial charge in [0, 0.05) is 0 Å². The minimum atomic E-state index is 0. The molecule has 0 unspecified atom stereocenters. The van der Waals surface area contributed by atoms with E-state index in [9.17, 15) is 0 Å². The second-order valence-electron chi connectivity index (χ2n) is 2.48. The van der Waals surface area contributed by atoms with E-state index >= 15 is 0 Å². The fourth-order valence-electron chi connectivity index (χ4n) is 0.709. The molecule has 0 fully saturated rings. The Bertz CT molecular complexity index is 145. The summed E-state index contributed by atoms with van der Waals surface area (Å²) >= 11 is 0. The summed E-state index contributed by atoms with van der Waals surface area (Å²) in [4.78, 5) is 0. The summed E-state index contributed by atoms with van der Waals surface area (Å²) in [6, 6.07) is 0. The van der Waals surface area contributed by atoms with Gasteiger partial charge in [-0.05, 0) is 0 Å². The van der Waals surface area contributed by atoms with Gasteiger partial charge >= 0.3 is 16.5 Å². The van der Waals surface area contributed by atoms with Crippen LogP contribution in [0.15, 0.2) is 30.4 Å². The van der Waals surface area contributed by atoms with Crippen LogP contribution in [-0.2, 0) is 16.5 Å². The van der Waals surface area contributed by atoms with Gasteiger partial charge in [-0.15, -0.1) is 19.3 Å². The number of unbranched alkanes of at least 4 members (excludes halogenated alkanes) is 1. The summed E-state index contributed by atoms with van der Waals surface area (Å²) in [5.41, 5.74) is 0. The van der Waals surface area contributed by atoms with E-state index in [1.54, 1.807) is 0 Å². The first-order valence-corrected chi connectivity index (χ1v) is 4.61. The van der Waals surface area contributed by atoms with Gasteiger partial charge in [-0.25, -0.2) is 30.7 Å². The van der Waals surface area contributed by atoms with Crippen LogP contribution in [0.3, 0.4) is 0 Å². The van der Waals surface area contributed by atoms with Crippen LogP contribution in [0.4, 0.5) is 0 Å². The average molecular weight is 221 g/mol. The van der Waals surface area contributed by atoms with Crippen LogP contribution >= 0.6 is 0 Å². The summed E-state index contributed by atoms with van der Waals surface area (Å²) in [5.74, 6) is 0. The summed E-state index contributed by atoms with van der Waals surface area (Å²) in [7, 11) is 0. The smallest absolute Gasteiger partial charge is 0.273 e. The van der Waals surface area contributed by atoms with Crippen LogP contribution in [0.5, 0.6) is 0 Å². The van der Waals surface area contributed by atoms with E-state index in [1.807, 2.05) is 12.2 Å². The van der Waals surface area contributed by atoms with Crippen molar-refractivity contribution in [3.8, 4) is 0 Å². The van der Waals surface area contributed by atoms with Crippen LogP contribution < -0.4 is 0 Å². The van der Waals surface area contributed by atoms with E-state index in [2.05, 4.69) is 44.6 Å². The zero-order chi connectivity index (χ0) is 9.07. The predicted octanol–water partition coefficient (Wildman–Crippen LogP) is 3.87. The molecule has 0 amide bonds. The van der Waals surface area contributed by atoms with Crippen molar-refractivity contribution < 1.29 is 16.5 Å². The molecule has 76 valence electrons. The first kappa shape index (κ1) is 15.1. The molecule has 0 nitrogen and oxygen atoms in total. The van der Waals surface area contributed by atoms with Crippen LogP contribution in [0.2, 0.25) is 0 Å². The second kappa shape index (κ2) is 14.1. The molecular formula is C12H18Ni. The first-order chi connectivity index (χ1) is 5.91. The number of hydrogen-bond donors (Lipinski definition) is 0. The van der Waals surface area contributed by atoms with Crippen molar-refractivity contribution in [3.63, 3.8) is 0 Å². The molecule has 0 aromatic rings. The summed E-state index contributed by atoms with van der Waals surface area (Å²) in [6.45, 7) is 4.28. The topological polar surface area (TPSA) is 0 Å². The Labute approximate surface area is 92.7 Å². The maximum atomic E-state index is 2.99. The van der Waals surface area contributed by atoms with Crippen LogP contribution in [0, 0.1) is 12.5 Å². The minimum absolute atomic E-state index is 0. The zero-order valence-corrected chi connectivity index (χ0v) is 9.39. The molecule has 1 rings (SSSR count). The maximum absolute atomic E-state index is 2.99. The van der Waals surface area contributed by atoms with Crippen molar-refractivity contribution >= 4 is 0 Å². The van der Waals surface area contributed by atoms with Crippen LogP contribution in [0.1, 0.15) is 33.1 Å². The molecule has 0 saturated heterocycles. The Morgan fingerprint density at radius 3 is 2.54 bits per heavy atom. The van der Waals surface area contributed by atoms with Crippen LogP contribution in [-0.4, -0.2) is 0 Å². The van der Waals surface area contributed by atoms with Crippen molar-refractivity contribution in [2.45, 2.75) is 33.1 Å². The van der Waals surface area contributed by atoms with Gasteiger partial charge in [0.25, 0.3) is 0 Å². The van der Waals surface area contributed by atoms with E-state index in [1.165, 1.54) is 0 Å². The molecule has 0 atom stereocenters. The van der Waals surface area contributed by atoms with Gasteiger partial charge in [-0.2, -0.15) is 6.08 Å². The molecule has 0 aromatic heterocycles. The maximum Gasteiger partial charge on any atom is 2.00 e. The Hall–Kier alpha value is -0.416. The normalized spacial score (nSPS) is 12.2. The van der Waals surface area contributed by atoms with E-state index in [-0.39, 0.29) is 16.5 Å². The van der Waals surface area contributed by atoms with Crippen molar-refractivity contribution in [2.75, 3.05) is 0 Å². The molecule has 0 aromatic carbocycles.